The Morgan fingerprint density at radius 2 is 1.82 bits per heavy atom. The van der Waals surface area contributed by atoms with E-state index in [0.717, 1.165) is 56.4 Å². The van der Waals surface area contributed by atoms with Gasteiger partial charge in [-0.05, 0) is 74.6 Å². The van der Waals surface area contributed by atoms with Crippen molar-refractivity contribution in [3.05, 3.63) is 65.7 Å². The molecule has 2 aromatic heterocycles. The molecule has 0 aliphatic carbocycles. The van der Waals surface area contributed by atoms with E-state index in [9.17, 15) is 9.59 Å². The quantitative estimate of drug-likeness (QED) is 0.446. The van der Waals surface area contributed by atoms with Crippen molar-refractivity contribution in [1.82, 2.24) is 19.9 Å². The second-order valence-corrected chi connectivity index (χ2v) is 11.0. The number of aromatic nitrogens is 2. The highest BCUT2D eigenvalue weighted by Crippen LogP contribution is 2.39. The van der Waals surface area contributed by atoms with Gasteiger partial charge in [-0.15, -0.1) is 0 Å². The molecule has 2 aliphatic heterocycles. The van der Waals surface area contributed by atoms with Crippen LogP contribution in [-0.4, -0.2) is 65.0 Å². The van der Waals surface area contributed by atoms with Gasteiger partial charge in [0.15, 0.2) is 0 Å². The lowest BCUT2D eigenvalue weighted by atomic mass is 9.73. The van der Waals surface area contributed by atoms with Gasteiger partial charge in [0.05, 0.1) is 6.61 Å². The molecule has 1 fully saturated rings. The molecular formula is C31H38N4O4. The van der Waals surface area contributed by atoms with Crippen LogP contribution in [0.3, 0.4) is 0 Å². The van der Waals surface area contributed by atoms with Crippen LogP contribution < -0.4 is 4.74 Å². The van der Waals surface area contributed by atoms with Crippen molar-refractivity contribution in [2.45, 2.75) is 58.3 Å². The minimum absolute atomic E-state index is 0.00278. The van der Waals surface area contributed by atoms with Gasteiger partial charge in [0, 0.05) is 51.1 Å². The van der Waals surface area contributed by atoms with Gasteiger partial charge in [0.1, 0.15) is 22.8 Å². The zero-order valence-electron chi connectivity index (χ0n) is 23.0. The van der Waals surface area contributed by atoms with E-state index in [4.69, 9.17) is 9.26 Å². The number of ether oxygens (including phenoxy) is 1. The number of aryl methyl sites for hydroxylation is 2. The standard InChI is InChI=1S/C31H38N4O4/c1-23-28(29(33-39-23)25-11-7-17-32-21-25)30(37)35-18-15-31(16-19-35)14-6-5-10-24-9-3-4-12-26(24)38-20-8-13-27(36)34(2)22-31/h3-4,7,9,11-12,17,21H,5-6,8,10,13-16,18-20,22H2,1-2H3. The molecule has 8 heteroatoms. The summed E-state index contributed by atoms with van der Waals surface area (Å²) in [5, 5.41) is 4.18. The Labute approximate surface area is 230 Å². The van der Waals surface area contributed by atoms with Gasteiger partial charge in [-0.1, -0.05) is 29.8 Å². The van der Waals surface area contributed by atoms with Crippen molar-refractivity contribution in [2.75, 3.05) is 33.3 Å². The van der Waals surface area contributed by atoms with Crippen molar-refractivity contribution in [2.24, 2.45) is 5.41 Å². The number of nitrogens with zero attached hydrogens (tertiary/aromatic N) is 4. The summed E-state index contributed by atoms with van der Waals surface area (Å²) in [6.07, 6.45) is 10.4. The summed E-state index contributed by atoms with van der Waals surface area (Å²) in [7, 11) is 1.92. The molecule has 2 aliphatic rings. The van der Waals surface area contributed by atoms with Gasteiger partial charge in [-0.2, -0.15) is 0 Å². The lowest BCUT2D eigenvalue weighted by Gasteiger charge is -2.44. The van der Waals surface area contributed by atoms with Crippen LogP contribution in [0, 0.1) is 12.3 Å². The number of hydrogen-bond acceptors (Lipinski definition) is 6. The number of pyridine rings is 1. The fourth-order valence-corrected chi connectivity index (χ4v) is 6.01. The summed E-state index contributed by atoms with van der Waals surface area (Å²) >= 11 is 0. The average molecular weight is 531 g/mol. The zero-order valence-corrected chi connectivity index (χ0v) is 23.0. The SMILES string of the molecule is Cc1onc(-c2cccnc2)c1C(=O)N1CCC2(CCCCc3ccccc3OCCCC(=O)N(C)C2)CC1. The summed E-state index contributed by atoms with van der Waals surface area (Å²) < 4.78 is 11.5. The van der Waals surface area contributed by atoms with Gasteiger partial charge < -0.3 is 19.1 Å². The zero-order chi connectivity index (χ0) is 27.2. The molecule has 1 aromatic carbocycles. The monoisotopic (exact) mass is 530 g/mol. The van der Waals surface area contributed by atoms with Crippen molar-refractivity contribution in [1.29, 1.82) is 0 Å². The molecule has 0 saturated carbocycles. The van der Waals surface area contributed by atoms with Crippen molar-refractivity contribution < 1.29 is 18.8 Å². The minimum atomic E-state index is -0.0515. The highest BCUT2D eigenvalue weighted by molar-refractivity contribution is 6.00. The molecule has 2 amide bonds. The Bertz CT molecular complexity index is 1280. The normalized spacial score (nSPS) is 18.8. The van der Waals surface area contributed by atoms with E-state index in [1.807, 2.05) is 41.1 Å². The smallest absolute Gasteiger partial charge is 0.259 e. The number of carbonyl (C=O) groups excluding carboxylic acids is 2. The Hall–Kier alpha value is -3.68. The van der Waals surface area contributed by atoms with Crippen LogP contribution in [0.2, 0.25) is 0 Å². The molecule has 1 saturated heterocycles. The first kappa shape index (κ1) is 26.9. The lowest BCUT2D eigenvalue weighted by molar-refractivity contribution is -0.132. The minimum Gasteiger partial charge on any atom is -0.493 e. The summed E-state index contributed by atoms with van der Waals surface area (Å²) in [6, 6.07) is 12.0. The van der Waals surface area contributed by atoms with Gasteiger partial charge in [0.2, 0.25) is 5.91 Å². The molecule has 4 heterocycles. The number of carbonyl (C=O) groups is 2. The Balaban J connectivity index is 1.30. The van der Waals surface area contributed by atoms with Gasteiger partial charge in [0.25, 0.3) is 5.91 Å². The third kappa shape index (κ3) is 6.15. The summed E-state index contributed by atoms with van der Waals surface area (Å²) in [4.78, 5) is 34.7. The first-order valence-corrected chi connectivity index (χ1v) is 14.1. The van der Waals surface area contributed by atoms with Crippen LogP contribution in [-0.2, 0) is 11.2 Å². The number of likely N-dealkylation sites (tertiary alicyclic amines) is 1. The van der Waals surface area contributed by atoms with E-state index >= 15 is 0 Å². The van der Waals surface area contributed by atoms with E-state index < -0.39 is 0 Å². The Kier molecular flexibility index (Phi) is 8.29. The molecule has 0 radical (unpaired) electrons. The third-order valence-electron chi connectivity index (χ3n) is 8.29. The maximum absolute atomic E-state index is 13.7. The van der Waals surface area contributed by atoms with E-state index in [0.29, 0.717) is 49.6 Å². The molecular weight excluding hydrogens is 492 g/mol. The van der Waals surface area contributed by atoms with Crippen LogP contribution in [0.25, 0.3) is 11.3 Å². The molecule has 1 spiro atoms. The fraction of sp³-hybridized carbons (Fsp3) is 0.484. The maximum atomic E-state index is 13.7. The van der Waals surface area contributed by atoms with Crippen molar-refractivity contribution >= 4 is 11.8 Å². The second-order valence-electron chi connectivity index (χ2n) is 11.0. The predicted molar refractivity (Wildman–Crippen MR) is 148 cm³/mol. The summed E-state index contributed by atoms with van der Waals surface area (Å²) in [5.74, 6) is 1.56. The van der Waals surface area contributed by atoms with E-state index in [1.54, 1.807) is 19.3 Å². The number of benzene rings is 1. The molecule has 0 N–H and O–H groups in total. The van der Waals surface area contributed by atoms with Gasteiger partial charge >= 0.3 is 0 Å². The van der Waals surface area contributed by atoms with Crippen molar-refractivity contribution in [3.63, 3.8) is 0 Å². The van der Waals surface area contributed by atoms with Crippen LogP contribution in [0.15, 0.2) is 53.3 Å². The topological polar surface area (TPSA) is 88.8 Å². The molecule has 0 bridgehead atoms. The average Bonchev–Trinajstić information content (AvgIpc) is 3.35. The molecule has 39 heavy (non-hydrogen) atoms. The number of rotatable bonds is 2. The van der Waals surface area contributed by atoms with Crippen LogP contribution >= 0.6 is 0 Å². The maximum Gasteiger partial charge on any atom is 0.259 e. The second kappa shape index (κ2) is 12.0. The molecule has 3 aromatic rings. The summed E-state index contributed by atoms with van der Waals surface area (Å²) in [5.41, 5.74) is 3.05. The number of para-hydroxylation sites is 1. The van der Waals surface area contributed by atoms with E-state index in [2.05, 4.69) is 22.3 Å². The molecule has 0 atom stereocenters. The van der Waals surface area contributed by atoms with Crippen LogP contribution in [0.4, 0.5) is 0 Å². The number of amides is 2. The number of piperidine rings is 1. The first-order chi connectivity index (χ1) is 19.0. The number of hydrogen-bond donors (Lipinski definition) is 0. The first-order valence-electron chi connectivity index (χ1n) is 14.1. The Morgan fingerprint density at radius 1 is 1.00 bits per heavy atom. The summed E-state index contributed by atoms with van der Waals surface area (Å²) in [6.45, 7) is 4.34. The van der Waals surface area contributed by atoms with Crippen molar-refractivity contribution in [3.8, 4) is 17.0 Å². The number of fused-ring (bicyclic) bond motifs is 1. The predicted octanol–water partition coefficient (Wildman–Crippen LogP) is 5.31. The molecule has 8 nitrogen and oxygen atoms in total. The van der Waals surface area contributed by atoms with Crippen LogP contribution in [0.1, 0.15) is 66.6 Å². The highest BCUT2D eigenvalue weighted by atomic mass is 16.5. The molecule has 5 rings (SSSR count). The third-order valence-corrected chi connectivity index (χ3v) is 8.29. The Morgan fingerprint density at radius 3 is 2.62 bits per heavy atom. The molecule has 0 unspecified atom stereocenters. The fourth-order valence-electron chi connectivity index (χ4n) is 6.01. The van der Waals surface area contributed by atoms with Crippen LogP contribution in [0.5, 0.6) is 5.75 Å². The van der Waals surface area contributed by atoms with Gasteiger partial charge in [-0.25, -0.2) is 0 Å². The van der Waals surface area contributed by atoms with Gasteiger partial charge in [-0.3, -0.25) is 14.6 Å². The van der Waals surface area contributed by atoms with E-state index in [1.165, 1.54) is 5.56 Å². The lowest BCUT2D eigenvalue weighted by Crippen LogP contribution is -2.48. The molecule has 206 valence electrons. The largest absolute Gasteiger partial charge is 0.493 e. The van der Waals surface area contributed by atoms with E-state index in [-0.39, 0.29) is 17.2 Å². The highest BCUT2D eigenvalue weighted by Gasteiger charge is 2.38.